The van der Waals surface area contributed by atoms with Crippen LogP contribution in [0.15, 0.2) is 11.6 Å². The lowest BCUT2D eigenvalue weighted by molar-refractivity contribution is 0.623. The fraction of sp³-hybridized carbons (Fsp3) is 0.667. The highest BCUT2D eigenvalue weighted by Crippen LogP contribution is 2.17. The topological polar surface area (TPSA) is 12.0 Å². The minimum atomic E-state index is 0.686. The van der Waals surface area contributed by atoms with Gasteiger partial charge in [-0.15, -0.1) is 0 Å². The van der Waals surface area contributed by atoms with Crippen LogP contribution in [-0.2, 0) is 0 Å². The molecule has 1 aliphatic heterocycles. The van der Waals surface area contributed by atoms with E-state index in [2.05, 4.69) is 11.9 Å². The van der Waals surface area contributed by atoms with Crippen molar-refractivity contribution < 1.29 is 0 Å². The molecular weight excluding hydrogens is 154 g/mol. The number of nitrogens with one attached hydrogen (secondary N) is 1. The third-order valence-corrected chi connectivity index (χ3v) is 2.63. The van der Waals surface area contributed by atoms with Gasteiger partial charge in [0, 0.05) is 29.1 Å². The van der Waals surface area contributed by atoms with Crippen molar-refractivity contribution in [2.75, 3.05) is 18.1 Å². The molecule has 1 nitrogen and oxygen atoms in total. The van der Waals surface area contributed by atoms with Gasteiger partial charge in [-0.2, -0.15) is 11.8 Å². The molecule has 3 heteroatoms. The van der Waals surface area contributed by atoms with Crippen LogP contribution in [0.5, 0.6) is 0 Å². The second-order valence-corrected chi connectivity index (χ2v) is 3.74. The van der Waals surface area contributed by atoms with Gasteiger partial charge < -0.3 is 5.32 Å². The first kappa shape index (κ1) is 7.45. The zero-order valence-electron chi connectivity index (χ0n) is 5.19. The van der Waals surface area contributed by atoms with E-state index < -0.39 is 0 Å². The summed E-state index contributed by atoms with van der Waals surface area (Å²) in [5.41, 5.74) is 0. The standard InChI is InChI=1S/C6H10ClNS/c1-5(7)2-8-6-3-9-4-6/h6,8H,1-4H2. The zero-order valence-corrected chi connectivity index (χ0v) is 6.76. The summed E-state index contributed by atoms with van der Waals surface area (Å²) in [4.78, 5) is 0. The molecule has 0 spiro atoms. The number of halogens is 1. The van der Waals surface area contributed by atoms with Gasteiger partial charge in [0.1, 0.15) is 0 Å². The fourth-order valence-electron chi connectivity index (χ4n) is 0.609. The van der Waals surface area contributed by atoms with Crippen molar-refractivity contribution in [1.82, 2.24) is 5.32 Å². The summed E-state index contributed by atoms with van der Waals surface area (Å²) in [5.74, 6) is 2.45. The predicted octanol–water partition coefficient (Wildman–Crippen LogP) is 1.44. The third kappa shape index (κ3) is 2.61. The highest BCUT2D eigenvalue weighted by Gasteiger charge is 2.16. The fourth-order valence-corrected chi connectivity index (χ4v) is 1.39. The van der Waals surface area contributed by atoms with Crippen LogP contribution in [0, 0.1) is 0 Å². The van der Waals surface area contributed by atoms with Gasteiger partial charge in [0.25, 0.3) is 0 Å². The Balaban J connectivity index is 1.97. The molecule has 0 radical (unpaired) electrons. The second-order valence-electron chi connectivity index (χ2n) is 2.13. The van der Waals surface area contributed by atoms with Gasteiger partial charge >= 0.3 is 0 Å². The van der Waals surface area contributed by atoms with Gasteiger partial charge in [0.2, 0.25) is 0 Å². The van der Waals surface area contributed by atoms with Crippen molar-refractivity contribution in [1.29, 1.82) is 0 Å². The lowest BCUT2D eigenvalue weighted by Gasteiger charge is -2.25. The molecule has 0 amide bonds. The van der Waals surface area contributed by atoms with Crippen molar-refractivity contribution in [3.63, 3.8) is 0 Å². The zero-order chi connectivity index (χ0) is 6.69. The number of hydrogen-bond acceptors (Lipinski definition) is 2. The van der Waals surface area contributed by atoms with Crippen molar-refractivity contribution in [2.45, 2.75) is 6.04 Å². The van der Waals surface area contributed by atoms with Gasteiger partial charge in [-0.25, -0.2) is 0 Å². The molecule has 0 unspecified atom stereocenters. The molecule has 1 aliphatic rings. The number of hydrogen-bond donors (Lipinski definition) is 1. The maximum absolute atomic E-state index is 5.54. The number of rotatable bonds is 3. The molecule has 1 N–H and O–H groups in total. The van der Waals surface area contributed by atoms with Gasteiger partial charge in [0.15, 0.2) is 0 Å². The van der Waals surface area contributed by atoms with Crippen molar-refractivity contribution in [2.24, 2.45) is 0 Å². The summed E-state index contributed by atoms with van der Waals surface area (Å²) >= 11 is 7.50. The normalized spacial score (nSPS) is 19.2. The highest BCUT2D eigenvalue weighted by molar-refractivity contribution is 8.00. The average molecular weight is 164 g/mol. The molecule has 0 aromatic carbocycles. The monoisotopic (exact) mass is 163 g/mol. The molecule has 0 aromatic rings. The van der Waals surface area contributed by atoms with Gasteiger partial charge in [-0.1, -0.05) is 18.2 Å². The van der Waals surface area contributed by atoms with Crippen molar-refractivity contribution >= 4 is 23.4 Å². The second kappa shape index (κ2) is 3.49. The minimum absolute atomic E-state index is 0.686. The van der Waals surface area contributed by atoms with Crippen LogP contribution in [0.4, 0.5) is 0 Å². The van der Waals surface area contributed by atoms with E-state index in [-0.39, 0.29) is 0 Å². The molecule has 0 saturated carbocycles. The molecule has 1 heterocycles. The van der Waals surface area contributed by atoms with E-state index in [4.69, 9.17) is 11.6 Å². The SMILES string of the molecule is C=C(Cl)CNC1CSC1. The van der Waals surface area contributed by atoms with E-state index in [0.717, 1.165) is 6.54 Å². The molecule has 1 rings (SSSR count). The van der Waals surface area contributed by atoms with E-state index in [0.29, 0.717) is 11.1 Å². The highest BCUT2D eigenvalue weighted by atomic mass is 35.5. The van der Waals surface area contributed by atoms with Crippen LogP contribution in [0.25, 0.3) is 0 Å². The molecule has 52 valence electrons. The first-order chi connectivity index (χ1) is 4.29. The maximum atomic E-state index is 5.54. The molecule has 0 atom stereocenters. The Labute approximate surface area is 64.8 Å². The van der Waals surface area contributed by atoms with E-state index in [1.807, 2.05) is 11.8 Å². The third-order valence-electron chi connectivity index (χ3n) is 1.22. The Bertz CT molecular complexity index is 112. The lowest BCUT2D eigenvalue weighted by atomic mass is 10.3. The average Bonchev–Trinajstić information content (AvgIpc) is 1.60. The van der Waals surface area contributed by atoms with Crippen LogP contribution < -0.4 is 5.32 Å². The molecular formula is C6H10ClNS. The first-order valence-corrected chi connectivity index (χ1v) is 4.46. The molecule has 9 heavy (non-hydrogen) atoms. The van der Waals surface area contributed by atoms with Crippen LogP contribution >= 0.6 is 23.4 Å². The Morgan fingerprint density at radius 3 is 2.78 bits per heavy atom. The van der Waals surface area contributed by atoms with Gasteiger partial charge in [0.05, 0.1) is 0 Å². The maximum Gasteiger partial charge on any atom is 0.0310 e. The summed E-state index contributed by atoms with van der Waals surface area (Å²) in [7, 11) is 0. The molecule has 0 aromatic heterocycles. The summed E-state index contributed by atoms with van der Waals surface area (Å²) < 4.78 is 0. The Kier molecular flexibility index (Phi) is 2.89. The largest absolute Gasteiger partial charge is 0.307 e. The van der Waals surface area contributed by atoms with E-state index in [1.54, 1.807) is 0 Å². The Morgan fingerprint density at radius 2 is 2.44 bits per heavy atom. The molecule has 0 aliphatic carbocycles. The Hall–Kier alpha value is 0.340. The van der Waals surface area contributed by atoms with Crippen LogP contribution in [0.2, 0.25) is 0 Å². The first-order valence-electron chi connectivity index (χ1n) is 2.93. The van der Waals surface area contributed by atoms with Crippen molar-refractivity contribution in [3.8, 4) is 0 Å². The van der Waals surface area contributed by atoms with Crippen LogP contribution in [-0.4, -0.2) is 24.1 Å². The lowest BCUT2D eigenvalue weighted by Crippen LogP contribution is -2.40. The van der Waals surface area contributed by atoms with Gasteiger partial charge in [-0.3, -0.25) is 0 Å². The summed E-state index contributed by atoms with van der Waals surface area (Å²) in [5, 5.41) is 3.97. The molecule has 0 bridgehead atoms. The van der Waals surface area contributed by atoms with Crippen LogP contribution in [0.1, 0.15) is 0 Å². The van der Waals surface area contributed by atoms with Crippen molar-refractivity contribution in [3.05, 3.63) is 11.6 Å². The van der Waals surface area contributed by atoms with Crippen LogP contribution in [0.3, 0.4) is 0 Å². The minimum Gasteiger partial charge on any atom is -0.307 e. The predicted molar refractivity (Wildman–Crippen MR) is 44.1 cm³/mol. The van der Waals surface area contributed by atoms with E-state index in [1.165, 1.54) is 11.5 Å². The van der Waals surface area contributed by atoms with E-state index >= 15 is 0 Å². The summed E-state index contributed by atoms with van der Waals surface area (Å²) in [6.45, 7) is 4.34. The number of thioether (sulfide) groups is 1. The van der Waals surface area contributed by atoms with Gasteiger partial charge in [-0.05, 0) is 0 Å². The smallest absolute Gasteiger partial charge is 0.0310 e. The molecule has 1 saturated heterocycles. The Morgan fingerprint density at radius 1 is 1.78 bits per heavy atom. The summed E-state index contributed by atoms with van der Waals surface area (Å²) in [6, 6.07) is 0.686. The molecule has 1 fully saturated rings. The summed E-state index contributed by atoms with van der Waals surface area (Å²) in [6.07, 6.45) is 0. The van der Waals surface area contributed by atoms with E-state index in [9.17, 15) is 0 Å². The quantitative estimate of drug-likeness (QED) is 0.676.